The summed E-state index contributed by atoms with van der Waals surface area (Å²) in [6.45, 7) is 1.47. The Kier molecular flexibility index (Phi) is 3.12. The quantitative estimate of drug-likeness (QED) is 0.453. The molecule has 0 saturated heterocycles. The summed E-state index contributed by atoms with van der Waals surface area (Å²) in [5.74, 6) is -0.0338. The van der Waals surface area contributed by atoms with E-state index in [-0.39, 0.29) is 5.78 Å². The molecule has 1 rings (SSSR count). The van der Waals surface area contributed by atoms with Crippen molar-refractivity contribution in [1.82, 2.24) is 0 Å². The number of isocyanates is 1. The van der Waals surface area contributed by atoms with Crippen molar-refractivity contribution >= 4 is 33.5 Å². The summed E-state index contributed by atoms with van der Waals surface area (Å²) >= 11 is 3.21. The van der Waals surface area contributed by atoms with Gasteiger partial charge in [-0.05, 0) is 41.1 Å². The lowest BCUT2D eigenvalue weighted by Gasteiger charge is -1.99. The van der Waals surface area contributed by atoms with Crippen molar-refractivity contribution in [2.75, 3.05) is 0 Å². The minimum atomic E-state index is -0.0338. The number of benzene rings is 1. The predicted octanol–water partition coefficient (Wildman–Crippen LogP) is 2.62. The molecule has 0 aliphatic carbocycles. The van der Waals surface area contributed by atoms with Crippen molar-refractivity contribution in [2.24, 2.45) is 4.99 Å². The highest BCUT2D eigenvalue weighted by molar-refractivity contribution is 9.10. The molecule has 0 unspecified atom stereocenters. The summed E-state index contributed by atoms with van der Waals surface area (Å²) in [7, 11) is 0. The molecule has 0 fully saturated rings. The molecule has 0 amide bonds. The van der Waals surface area contributed by atoms with E-state index in [2.05, 4.69) is 20.9 Å². The summed E-state index contributed by atoms with van der Waals surface area (Å²) in [6.07, 6.45) is 1.43. The van der Waals surface area contributed by atoms with Gasteiger partial charge in [-0.1, -0.05) is 0 Å². The van der Waals surface area contributed by atoms with Gasteiger partial charge in [0.1, 0.15) is 0 Å². The zero-order valence-corrected chi connectivity index (χ0v) is 8.46. The Morgan fingerprint density at radius 1 is 1.54 bits per heavy atom. The second-order valence-corrected chi connectivity index (χ2v) is 3.28. The molecular weight excluding hydrogens is 234 g/mol. The van der Waals surface area contributed by atoms with Gasteiger partial charge in [-0.25, -0.2) is 4.79 Å². The number of aliphatic imine (C=N–C) groups is 1. The Morgan fingerprint density at radius 3 is 2.69 bits per heavy atom. The number of Topliss-reactive ketones (excluding diaryl/α,β-unsaturated/α-hetero) is 1. The second-order valence-electron chi connectivity index (χ2n) is 2.42. The Balaban J connectivity index is 3.19. The van der Waals surface area contributed by atoms with E-state index < -0.39 is 0 Å². The molecule has 0 N–H and O–H groups in total. The molecule has 0 spiro atoms. The van der Waals surface area contributed by atoms with E-state index in [1.54, 1.807) is 18.2 Å². The molecule has 0 saturated carbocycles. The molecule has 66 valence electrons. The van der Waals surface area contributed by atoms with Gasteiger partial charge in [-0.15, -0.1) is 0 Å². The minimum absolute atomic E-state index is 0.0338. The van der Waals surface area contributed by atoms with Crippen LogP contribution in [0.25, 0.3) is 0 Å². The molecule has 0 aliphatic heterocycles. The number of hydrogen-bond acceptors (Lipinski definition) is 3. The molecule has 0 atom stereocenters. The molecule has 0 heterocycles. The van der Waals surface area contributed by atoms with Crippen LogP contribution in [0.1, 0.15) is 17.3 Å². The van der Waals surface area contributed by atoms with Crippen LogP contribution in [0.15, 0.2) is 27.7 Å². The predicted molar refractivity (Wildman–Crippen MR) is 51.9 cm³/mol. The van der Waals surface area contributed by atoms with E-state index in [1.807, 2.05) is 0 Å². The fraction of sp³-hybridized carbons (Fsp3) is 0.111. The molecule has 0 bridgehead atoms. The molecule has 0 radical (unpaired) electrons. The van der Waals surface area contributed by atoms with Crippen molar-refractivity contribution in [3.05, 3.63) is 28.2 Å². The van der Waals surface area contributed by atoms with Crippen molar-refractivity contribution in [1.29, 1.82) is 0 Å². The fourth-order valence-electron chi connectivity index (χ4n) is 0.912. The molecule has 0 aliphatic rings. The van der Waals surface area contributed by atoms with E-state index in [1.165, 1.54) is 13.0 Å². The van der Waals surface area contributed by atoms with Crippen LogP contribution in [0.3, 0.4) is 0 Å². The first-order chi connectivity index (χ1) is 6.15. The summed E-state index contributed by atoms with van der Waals surface area (Å²) in [5, 5.41) is 0. The smallest absolute Gasteiger partial charge is 0.240 e. The lowest BCUT2D eigenvalue weighted by atomic mass is 10.1. The average Bonchev–Trinajstić information content (AvgIpc) is 2.04. The number of rotatable bonds is 2. The van der Waals surface area contributed by atoms with Gasteiger partial charge in [0, 0.05) is 10.0 Å². The van der Waals surface area contributed by atoms with Crippen LogP contribution in [-0.2, 0) is 4.79 Å². The molecule has 4 heteroatoms. The molecule has 3 nitrogen and oxygen atoms in total. The van der Waals surface area contributed by atoms with E-state index >= 15 is 0 Å². The maximum atomic E-state index is 11.0. The number of hydrogen-bond donors (Lipinski definition) is 0. The number of nitrogens with zero attached hydrogens (tertiary/aromatic N) is 1. The molecule has 1 aromatic carbocycles. The van der Waals surface area contributed by atoms with Gasteiger partial charge in [0.15, 0.2) is 5.78 Å². The Morgan fingerprint density at radius 2 is 2.23 bits per heavy atom. The normalized spacial score (nSPS) is 9.08. The Bertz CT molecular complexity index is 395. The van der Waals surface area contributed by atoms with Gasteiger partial charge in [-0.3, -0.25) is 4.79 Å². The van der Waals surface area contributed by atoms with E-state index in [0.29, 0.717) is 15.7 Å². The SMILES string of the molecule is CC(=O)c1ccc(N=C=O)cc1Br. The number of halogens is 1. The zero-order chi connectivity index (χ0) is 9.84. The third-order valence-corrected chi connectivity index (χ3v) is 2.16. The number of carbonyl (C=O) groups is 1. The average molecular weight is 240 g/mol. The van der Waals surface area contributed by atoms with Crippen LogP contribution in [0, 0.1) is 0 Å². The lowest BCUT2D eigenvalue weighted by Crippen LogP contribution is -1.92. The zero-order valence-electron chi connectivity index (χ0n) is 6.87. The fourth-order valence-corrected chi connectivity index (χ4v) is 1.56. The van der Waals surface area contributed by atoms with Gasteiger partial charge >= 0.3 is 0 Å². The Labute approximate surface area is 83.6 Å². The van der Waals surface area contributed by atoms with E-state index in [4.69, 9.17) is 0 Å². The molecular formula is C9H6BrNO2. The summed E-state index contributed by atoms with van der Waals surface area (Å²) in [5.41, 5.74) is 1.05. The first-order valence-corrected chi connectivity index (χ1v) is 4.33. The summed E-state index contributed by atoms with van der Waals surface area (Å²) in [6, 6.07) is 4.80. The third kappa shape index (κ3) is 2.34. The lowest BCUT2D eigenvalue weighted by molar-refractivity contribution is 0.101. The highest BCUT2D eigenvalue weighted by atomic mass is 79.9. The van der Waals surface area contributed by atoms with Crippen molar-refractivity contribution in [3.8, 4) is 0 Å². The van der Waals surface area contributed by atoms with Gasteiger partial charge in [-0.2, -0.15) is 4.99 Å². The van der Waals surface area contributed by atoms with Crippen molar-refractivity contribution < 1.29 is 9.59 Å². The summed E-state index contributed by atoms with van der Waals surface area (Å²) < 4.78 is 0.636. The summed E-state index contributed by atoms with van der Waals surface area (Å²) in [4.78, 5) is 24.3. The Hall–Kier alpha value is -1.25. The molecule has 1 aromatic rings. The monoisotopic (exact) mass is 239 g/mol. The maximum Gasteiger partial charge on any atom is 0.240 e. The topological polar surface area (TPSA) is 46.5 Å². The van der Waals surface area contributed by atoms with Crippen LogP contribution in [0.2, 0.25) is 0 Å². The van der Waals surface area contributed by atoms with Crippen LogP contribution in [0.4, 0.5) is 5.69 Å². The first-order valence-electron chi connectivity index (χ1n) is 3.53. The highest BCUT2D eigenvalue weighted by Crippen LogP contribution is 2.23. The van der Waals surface area contributed by atoms with E-state index in [9.17, 15) is 9.59 Å². The number of carbonyl (C=O) groups excluding carboxylic acids is 2. The minimum Gasteiger partial charge on any atom is -0.294 e. The van der Waals surface area contributed by atoms with Crippen molar-refractivity contribution in [3.63, 3.8) is 0 Å². The van der Waals surface area contributed by atoms with E-state index in [0.717, 1.165) is 0 Å². The third-order valence-electron chi connectivity index (χ3n) is 1.51. The standard InChI is InChI=1S/C9H6BrNO2/c1-6(13)8-3-2-7(11-5-12)4-9(8)10/h2-4H,1H3. The van der Waals surface area contributed by atoms with Gasteiger partial charge in [0.25, 0.3) is 0 Å². The van der Waals surface area contributed by atoms with Gasteiger partial charge < -0.3 is 0 Å². The van der Waals surface area contributed by atoms with Crippen LogP contribution >= 0.6 is 15.9 Å². The van der Waals surface area contributed by atoms with Gasteiger partial charge in [0.05, 0.1) is 5.69 Å². The molecule has 13 heavy (non-hydrogen) atoms. The van der Waals surface area contributed by atoms with Crippen LogP contribution in [0.5, 0.6) is 0 Å². The van der Waals surface area contributed by atoms with Crippen molar-refractivity contribution in [2.45, 2.75) is 6.92 Å². The number of ketones is 1. The van der Waals surface area contributed by atoms with Gasteiger partial charge in [0.2, 0.25) is 6.08 Å². The highest BCUT2D eigenvalue weighted by Gasteiger charge is 2.04. The first kappa shape index (κ1) is 9.84. The maximum absolute atomic E-state index is 11.0. The molecule has 0 aromatic heterocycles. The largest absolute Gasteiger partial charge is 0.294 e. The second kappa shape index (κ2) is 4.12. The van der Waals surface area contributed by atoms with Crippen LogP contribution in [-0.4, -0.2) is 11.9 Å². The van der Waals surface area contributed by atoms with Crippen LogP contribution < -0.4 is 0 Å².